The average Bonchev–Trinajstić information content (AvgIpc) is 3.05. The molecule has 9 heteroatoms. The van der Waals surface area contributed by atoms with Gasteiger partial charge in [-0.1, -0.05) is 17.7 Å². The molecule has 0 atom stereocenters. The smallest absolute Gasteiger partial charge is 0.400 e. The first kappa shape index (κ1) is 18.8. The molecule has 2 rings (SSSR count). The van der Waals surface area contributed by atoms with Gasteiger partial charge in [-0.15, -0.1) is 0 Å². The van der Waals surface area contributed by atoms with E-state index in [1.54, 1.807) is 0 Å². The fourth-order valence-electron chi connectivity index (χ4n) is 2.13. The molecule has 0 bridgehead atoms. The average molecular weight is 358 g/mol. The van der Waals surface area contributed by atoms with Crippen molar-refractivity contribution < 1.29 is 18.9 Å². The Bertz CT molecular complexity index is 857. The number of benzene rings is 1. The molecule has 1 heterocycles. The minimum atomic E-state index is -0.676. The standard InChI is InChI=1S/C17H18N4O5/c1-11-3-5-14(12(2)9-11)19-15(22)6-7-16(23)20-18-10-13-4-8-17(26-13)21(24)25/h3-5,8-10H,6-7H2,1-2H3,(H,19,22)(H,20,23)/b18-10+. The van der Waals surface area contributed by atoms with E-state index in [9.17, 15) is 19.7 Å². The minimum Gasteiger partial charge on any atom is -0.400 e. The topological polar surface area (TPSA) is 127 Å². The normalized spacial score (nSPS) is 10.7. The van der Waals surface area contributed by atoms with Crippen LogP contribution < -0.4 is 10.7 Å². The number of nitrogens with zero attached hydrogens (tertiary/aromatic N) is 2. The van der Waals surface area contributed by atoms with Gasteiger partial charge in [0.1, 0.15) is 4.92 Å². The van der Waals surface area contributed by atoms with Crippen LogP contribution in [0.3, 0.4) is 0 Å². The maximum Gasteiger partial charge on any atom is 0.433 e. The van der Waals surface area contributed by atoms with Crippen LogP contribution in [0.25, 0.3) is 0 Å². The van der Waals surface area contributed by atoms with Gasteiger partial charge in [0.05, 0.1) is 12.3 Å². The number of hydrazone groups is 1. The molecule has 9 nitrogen and oxygen atoms in total. The summed E-state index contributed by atoms with van der Waals surface area (Å²) in [6.45, 7) is 3.85. The molecule has 2 N–H and O–H groups in total. The van der Waals surface area contributed by atoms with E-state index >= 15 is 0 Å². The first-order valence-corrected chi connectivity index (χ1v) is 7.78. The molecule has 0 saturated heterocycles. The number of rotatable bonds is 7. The number of amides is 2. The molecule has 0 aliphatic carbocycles. The fourth-order valence-corrected chi connectivity index (χ4v) is 2.13. The second-order valence-corrected chi connectivity index (χ2v) is 5.59. The zero-order valence-electron chi connectivity index (χ0n) is 14.3. The summed E-state index contributed by atoms with van der Waals surface area (Å²) < 4.78 is 4.85. The Labute approximate surface area is 149 Å². The predicted octanol–water partition coefficient (Wildman–Crippen LogP) is 2.67. The van der Waals surface area contributed by atoms with Gasteiger partial charge >= 0.3 is 5.88 Å². The maximum atomic E-state index is 11.9. The van der Waals surface area contributed by atoms with Crippen molar-refractivity contribution in [2.75, 3.05) is 5.32 Å². The molecule has 26 heavy (non-hydrogen) atoms. The molecule has 1 aromatic heterocycles. The lowest BCUT2D eigenvalue weighted by Crippen LogP contribution is -2.20. The van der Waals surface area contributed by atoms with Crippen LogP contribution >= 0.6 is 0 Å². The third-order valence-electron chi connectivity index (χ3n) is 3.41. The largest absolute Gasteiger partial charge is 0.433 e. The quantitative estimate of drug-likeness (QED) is 0.447. The molecule has 0 aliphatic rings. The summed E-state index contributed by atoms with van der Waals surface area (Å²) in [5, 5.41) is 16.9. The number of carbonyl (C=O) groups is 2. The molecule has 0 unspecified atom stereocenters. The van der Waals surface area contributed by atoms with Crippen LogP contribution in [0.15, 0.2) is 39.9 Å². The number of nitro groups is 1. The molecule has 136 valence electrons. The number of nitrogens with one attached hydrogen (secondary N) is 2. The molecular weight excluding hydrogens is 340 g/mol. The highest BCUT2D eigenvalue weighted by molar-refractivity contribution is 5.94. The number of hydrogen-bond donors (Lipinski definition) is 2. The van der Waals surface area contributed by atoms with Crippen LogP contribution in [-0.2, 0) is 9.59 Å². The van der Waals surface area contributed by atoms with E-state index in [1.807, 2.05) is 32.0 Å². The van der Waals surface area contributed by atoms with Crippen LogP contribution in [0.1, 0.15) is 29.7 Å². The van der Waals surface area contributed by atoms with Crippen LogP contribution in [-0.4, -0.2) is 23.0 Å². The van der Waals surface area contributed by atoms with Crippen molar-refractivity contribution in [1.29, 1.82) is 0 Å². The third-order valence-corrected chi connectivity index (χ3v) is 3.41. The summed E-state index contributed by atoms with van der Waals surface area (Å²) in [5.41, 5.74) is 4.98. The van der Waals surface area contributed by atoms with Gasteiger partial charge in [-0.25, -0.2) is 5.43 Å². The van der Waals surface area contributed by atoms with E-state index in [4.69, 9.17) is 4.42 Å². The van der Waals surface area contributed by atoms with Crippen molar-refractivity contribution >= 4 is 29.6 Å². The first-order valence-electron chi connectivity index (χ1n) is 7.78. The number of hydrogen-bond acceptors (Lipinski definition) is 6. The Hall–Kier alpha value is -3.49. The highest BCUT2D eigenvalue weighted by Gasteiger charge is 2.11. The number of aryl methyl sites for hydroxylation is 2. The SMILES string of the molecule is Cc1ccc(NC(=O)CCC(=O)N/N=C/c2ccc([N+](=O)[O-])o2)c(C)c1. The summed E-state index contributed by atoms with van der Waals surface area (Å²) in [7, 11) is 0. The Morgan fingerprint density at radius 1 is 1.19 bits per heavy atom. The van der Waals surface area contributed by atoms with Gasteiger partial charge in [0, 0.05) is 18.5 Å². The van der Waals surface area contributed by atoms with Gasteiger partial charge in [-0.05, 0) is 31.5 Å². The van der Waals surface area contributed by atoms with E-state index in [0.29, 0.717) is 5.69 Å². The van der Waals surface area contributed by atoms with Crippen molar-refractivity contribution in [3.63, 3.8) is 0 Å². The highest BCUT2D eigenvalue weighted by atomic mass is 16.6. The lowest BCUT2D eigenvalue weighted by molar-refractivity contribution is -0.402. The van der Waals surface area contributed by atoms with Crippen LogP contribution in [0, 0.1) is 24.0 Å². The van der Waals surface area contributed by atoms with Gasteiger partial charge < -0.3 is 9.73 Å². The molecule has 0 aliphatic heterocycles. The van der Waals surface area contributed by atoms with E-state index in [0.717, 1.165) is 17.3 Å². The van der Waals surface area contributed by atoms with Gasteiger partial charge in [-0.3, -0.25) is 19.7 Å². The molecule has 0 saturated carbocycles. The molecule has 0 fully saturated rings. The Morgan fingerprint density at radius 2 is 1.92 bits per heavy atom. The Kier molecular flexibility index (Phi) is 6.20. The lowest BCUT2D eigenvalue weighted by atomic mass is 10.1. The molecular formula is C17H18N4O5. The van der Waals surface area contributed by atoms with Crippen molar-refractivity contribution in [2.45, 2.75) is 26.7 Å². The Balaban J connectivity index is 1.76. The lowest BCUT2D eigenvalue weighted by Gasteiger charge is -2.08. The Morgan fingerprint density at radius 3 is 2.58 bits per heavy atom. The first-order chi connectivity index (χ1) is 12.3. The fraction of sp³-hybridized carbons (Fsp3) is 0.235. The third kappa shape index (κ3) is 5.55. The van der Waals surface area contributed by atoms with Gasteiger partial charge in [0.25, 0.3) is 0 Å². The number of anilines is 1. The maximum absolute atomic E-state index is 11.9. The number of carbonyl (C=O) groups excluding carboxylic acids is 2. The second-order valence-electron chi connectivity index (χ2n) is 5.59. The molecule has 2 aromatic rings. The van der Waals surface area contributed by atoms with Crippen LogP contribution in [0.4, 0.5) is 11.6 Å². The van der Waals surface area contributed by atoms with Crippen LogP contribution in [0.5, 0.6) is 0 Å². The summed E-state index contributed by atoms with van der Waals surface area (Å²) in [4.78, 5) is 33.4. The van der Waals surface area contributed by atoms with E-state index < -0.39 is 16.7 Å². The zero-order valence-corrected chi connectivity index (χ0v) is 14.3. The van der Waals surface area contributed by atoms with Crippen molar-refractivity contribution in [3.05, 3.63) is 57.3 Å². The molecule has 1 aromatic carbocycles. The van der Waals surface area contributed by atoms with Crippen LogP contribution in [0.2, 0.25) is 0 Å². The monoisotopic (exact) mass is 358 g/mol. The molecule has 0 radical (unpaired) electrons. The molecule has 0 spiro atoms. The minimum absolute atomic E-state index is 0.000886. The number of furan rings is 1. The summed E-state index contributed by atoms with van der Waals surface area (Å²) in [5.74, 6) is -1.03. The van der Waals surface area contributed by atoms with Crippen molar-refractivity contribution in [2.24, 2.45) is 5.10 Å². The van der Waals surface area contributed by atoms with Gasteiger partial charge in [0.2, 0.25) is 11.8 Å². The summed E-state index contributed by atoms with van der Waals surface area (Å²) in [6, 6.07) is 8.19. The van der Waals surface area contributed by atoms with Gasteiger partial charge in [0.15, 0.2) is 5.76 Å². The second kappa shape index (κ2) is 8.56. The molecule has 2 amide bonds. The predicted molar refractivity (Wildman–Crippen MR) is 94.9 cm³/mol. The summed E-state index contributed by atoms with van der Waals surface area (Å²) in [6.07, 6.45) is 1.09. The van der Waals surface area contributed by atoms with E-state index in [1.165, 1.54) is 12.1 Å². The van der Waals surface area contributed by atoms with E-state index in [-0.39, 0.29) is 24.5 Å². The van der Waals surface area contributed by atoms with Gasteiger partial charge in [-0.2, -0.15) is 5.10 Å². The highest BCUT2D eigenvalue weighted by Crippen LogP contribution is 2.16. The zero-order chi connectivity index (χ0) is 19.1. The van der Waals surface area contributed by atoms with Crippen molar-refractivity contribution in [1.82, 2.24) is 5.43 Å². The summed E-state index contributed by atoms with van der Waals surface area (Å²) >= 11 is 0. The van der Waals surface area contributed by atoms with E-state index in [2.05, 4.69) is 15.8 Å². The van der Waals surface area contributed by atoms with Crippen molar-refractivity contribution in [3.8, 4) is 0 Å².